The van der Waals surface area contributed by atoms with Crippen LogP contribution in [0.1, 0.15) is 26.3 Å². The molecule has 0 saturated carbocycles. The quantitative estimate of drug-likeness (QED) is 0.345. The average molecular weight is 256 g/mol. The molecule has 0 radical (unpaired) electrons. The summed E-state index contributed by atoms with van der Waals surface area (Å²) in [4.78, 5) is 3.80. The van der Waals surface area contributed by atoms with Gasteiger partial charge in [0, 0.05) is 33.2 Å². The summed E-state index contributed by atoms with van der Waals surface area (Å²) >= 11 is 0. The van der Waals surface area contributed by atoms with Crippen molar-refractivity contribution in [3.8, 4) is 0 Å². The third kappa shape index (κ3) is 3.81. The van der Waals surface area contributed by atoms with Crippen LogP contribution in [0.5, 0.6) is 0 Å². The highest BCUT2D eigenvalue weighted by Crippen LogP contribution is 2.08. The van der Waals surface area contributed by atoms with E-state index in [9.17, 15) is 13.6 Å². The van der Waals surface area contributed by atoms with E-state index in [1.165, 1.54) is 18.5 Å². The number of rotatable bonds is 2. The van der Waals surface area contributed by atoms with Gasteiger partial charge in [-0.05, 0) is 12.1 Å². The fourth-order valence-corrected chi connectivity index (χ4v) is 1.58. The number of hydroxylamine groups is 1. The largest absolute Gasteiger partial charge is 0.623 e. The lowest BCUT2D eigenvalue weighted by Crippen LogP contribution is -2.29. The molecule has 0 N–H and O–H groups in total. The Morgan fingerprint density at radius 2 is 1.94 bits per heavy atom. The SMILES string of the molecule is CC(C)(C)[N+]([O-])=Cc1ccc(S(C)(=O)=O)nc1. The average Bonchev–Trinajstić information content (AvgIpc) is 2.15. The van der Waals surface area contributed by atoms with Crippen LogP contribution >= 0.6 is 0 Å². The van der Waals surface area contributed by atoms with Gasteiger partial charge in [0.25, 0.3) is 0 Å². The molecule has 0 atom stereocenters. The van der Waals surface area contributed by atoms with Gasteiger partial charge < -0.3 is 5.21 Å². The number of hydrogen-bond acceptors (Lipinski definition) is 4. The van der Waals surface area contributed by atoms with E-state index < -0.39 is 15.4 Å². The Kier molecular flexibility index (Phi) is 3.56. The van der Waals surface area contributed by atoms with E-state index in [1.54, 1.807) is 26.8 Å². The van der Waals surface area contributed by atoms with Crippen LogP contribution in [0, 0.1) is 5.21 Å². The van der Waals surface area contributed by atoms with E-state index in [4.69, 9.17) is 0 Å². The zero-order chi connectivity index (χ0) is 13.3. The molecule has 1 heterocycles. The molecule has 0 saturated heterocycles. The van der Waals surface area contributed by atoms with Gasteiger partial charge in [0.05, 0.1) is 5.56 Å². The summed E-state index contributed by atoms with van der Waals surface area (Å²) in [6.45, 7) is 5.36. The summed E-state index contributed by atoms with van der Waals surface area (Å²) in [5.41, 5.74) is 0.0394. The smallest absolute Gasteiger partial charge is 0.192 e. The Morgan fingerprint density at radius 1 is 1.35 bits per heavy atom. The molecule has 0 bridgehead atoms. The third-order valence-corrected chi connectivity index (χ3v) is 3.07. The molecule has 0 unspecified atom stereocenters. The zero-order valence-electron chi connectivity index (χ0n) is 10.3. The summed E-state index contributed by atoms with van der Waals surface area (Å²) in [7, 11) is -3.29. The van der Waals surface area contributed by atoms with Crippen molar-refractivity contribution in [3.63, 3.8) is 0 Å². The summed E-state index contributed by atoms with van der Waals surface area (Å²) < 4.78 is 23.2. The molecule has 0 aromatic carbocycles. The molecular formula is C11H16N2O3S. The van der Waals surface area contributed by atoms with Crippen LogP contribution in [0.15, 0.2) is 23.4 Å². The number of aromatic nitrogens is 1. The van der Waals surface area contributed by atoms with Crippen LogP contribution in [0.2, 0.25) is 0 Å². The molecule has 6 heteroatoms. The second-order valence-corrected chi connectivity index (χ2v) is 6.79. The fraction of sp³-hybridized carbons (Fsp3) is 0.455. The van der Waals surface area contributed by atoms with Gasteiger partial charge in [0.1, 0.15) is 0 Å². The van der Waals surface area contributed by atoms with Crippen molar-refractivity contribution in [2.24, 2.45) is 0 Å². The van der Waals surface area contributed by atoms with Gasteiger partial charge in [-0.3, -0.25) is 0 Å². The topological polar surface area (TPSA) is 73.1 Å². The highest BCUT2D eigenvalue weighted by atomic mass is 32.2. The Balaban J connectivity index is 3.06. The third-order valence-electron chi connectivity index (χ3n) is 2.07. The number of sulfone groups is 1. The van der Waals surface area contributed by atoms with E-state index in [2.05, 4.69) is 4.98 Å². The van der Waals surface area contributed by atoms with Crippen LogP contribution in [0.25, 0.3) is 0 Å². The Bertz CT molecular complexity index is 525. The molecule has 0 fully saturated rings. The Morgan fingerprint density at radius 3 is 2.29 bits per heavy atom. The lowest BCUT2D eigenvalue weighted by atomic mass is 10.1. The van der Waals surface area contributed by atoms with Crippen LogP contribution in [0.4, 0.5) is 0 Å². The molecule has 1 aromatic rings. The molecule has 0 aliphatic rings. The number of pyridine rings is 1. The lowest BCUT2D eigenvalue weighted by Gasteiger charge is -2.18. The predicted molar refractivity (Wildman–Crippen MR) is 65.9 cm³/mol. The molecule has 5 nitrogen and oxygen atoms in total. The van der Waals surface area contributed by atoms with Crippen LogP contribution in [-0.4, -0.2) is 36.1 Å². The van der Waals surface area contributed by atoms with Gasteiger partial charge in [-0.2, -0.15) is 0 Å². The summed E-state index contributed by atoms with van der Waals surface area (Å²) in [6.07, 6.45) is 3.85. The van der Waals surface area contributed by atoms with Crippen molar-refractivity contribution < 1.29 is 13.2 Å². The Labute approximate surface area is 101 Å². The van der Waals surface area contributed by atoms with Crippen molar-refractivity contribution in [2.45, 2.75) is 31.3 Å². The molecule has 0 spiro atoms. The van der Waals surface area contributed by atoms with E-state index >= 15 is 0 Å². The van der Waals surface area contributed by atoms with Gasteiger partial charge in [0.15, 0.2) is 26.6 Å². The van der Waals surface area contributed by atoms with Gasteiger partial charge in [-0.15, -0.1) is 0 Å². The maximum absolute atomic E-state index is 11.6. The van der Waals surface area contributed by atoms with Crippen LogP contribution in [-0.2, 0) is 9.84 Å². The molecule has 0 aliphatic heterocycles. The molecule has 0 aliphatic carbocycles. The van der Waals surface area contributed by atoms with E-state index in [1.807, 2.05) is 0 Å². The highest BCUT2D eigenvalue weighted by Gasteiger charge is 2.18. The van der Waals surface area contributed by atoms with Crippen molar-refractivity contribution in [1.82, 2.24) is 4.98 Å². The molecule has 94 valence electrons. The van der Waals surface area contributed by atoms with Gasteiger partial charge in [-0.1, -0.05) is 0 Å². The molecular weight excluding hydrogens is 240 g/mol. The van der Waals surface area contributed by atoms with E-state index in [0.29, 0.717) is 5.56 Å². The van der Waals surface area contributed by atoms with Crippen molar-refractivity contribution in [3.05, 3.63) is 29.1 Å². The molecule has 0 amide bonds. The molecule has 1 rings (SSSR count). The first kappa shape index (κ1) is 13.6. The van der Waals surface area contributed by atoms with Crippen molar-refractivity contribution >= 4 is 16.1 Å². The van der Waals surface area contributed by atoms with Crippen molar-refractivity contribution in [1.29, 1.82) is 0 Å². The summed E-state index contributed by atoms with van der Waals surface area (Å²) in [5.74, 6) is 0. The van der Waals surface area contributed by atoms with Crippen molar-refractivity contribution in [2.75, 3.05) is 6.26 Å². The zero-order valence-corrected chi connectivity index (χ0v) is 11.2. The van der Waals surface area contributed by atoms with E-state index in [-0.39, 0.29) is 5.03 Å². The first-order valence-electron chi connectivity index (χ1n) is 5.08. The number of hydrogen-bond donors (Lipinski definition) is 0. The van der Waals surface area contributed by atoms with Crippen LogP contribution in [0.3, 0.4) is 0 Å². The van der Waals surface area contributed by atoms with E-state index in [0.717, 1.165) is 11.0 Å². The lowest BCUT2D eigenvalue weighted by molar-refractivity contribution is -0.530. The Hall–Kier alpha value is -1.43. The molecule has 1 aromatic heterocycles. The van der Waals surface area contributed by atoms with Gasteiger partial charge in [-0.25, -0.2) is 18.1 Å². The standard InChI is InChI=1S/C11H16N2O3S/c1-11(2,3)13(14)8-9-5-6-10(12-7-9)17(4,15)16/h5-8H,1-4H3. The monoisotopic (exact) mass is 256 g/mol. The second kappa shape index (κ2) is 4.44. The highest BCUT2D eigenvalue weighted by molar-refractivity contribution is 7.90. The van der Waals surface area contributed by atoms with Gasteiger partial charge >= 0.3 is 0 Å². The predicted octanol–water partition coefficient (Wildman–Crippen LogP) is 1.21. The second-order valence-electron chi connectivity index (χ2n) is 4.83. The van der Waals surface area contributed by atoms with Gasteiger partial charge in [0.2, 0.25) is 0 Å². The van der Waals surface area contributed by atoms with Crippen LogP contribution < -0.4 is 0 Å². The first-order valence-corrected chi connectivity index (χ1v) is 6.97. The first-order chi connectivity index (χ1) is 7.60. The summed E-state index contributed by atoms with van der Waals surface area (Å²) in [6, 6.07) is 2.94. The number of nitrogens with zero attached hydrogens (tertiary/aromatic N) is 2. The normalized spacial score (nSPS) is 13.8. The fourth-order valence-electron chi connectivity index (χ4n) is 1.02. The molecule has 17 heavy (non-hydrogen) atoms. The maximum atomic E-state index is 11.6. The maximum Gasteiger partial charge on any atom is 0.192 e. The minimum atomic E-state index is -3.29. The minimum Gasteiger partial charge on any atom is -0.623 e. The minimum absolute atomic E-state index is 0.00265. The summed E-state index contributed by atoms with van der Waals surface area (Å²) in [5, 5.41) is 11.6.